The number of carbonyl (C=O) groups excluding carboxylic acids is 1. The van der Waals surface area contributed by atoms with Crippen LogP contribution >= 0.6 is 22.9 Å². The van der Waals surface area contributed by atoms with E-state index < -0.39 is 48.2 Å². The number of nitrogens with zero attached hydrogens (tertiary/aromatic N) is 3. The molecule has 0 saturated carbocycles. The molecule has 3 aliphatic rings. The van der Waals surface area contributed by atoms with E-state index in [1.807, 2.05) is 0 Å². The number of methoxy groups -OCH3 is 1. The predicted octanol–water partition coefficient (Wildman–Crippen LogP) is 4.42. The number of piperidine rings is 1. The number of hydrogen-bond donors (Lipinski definition) is 2. The Bertz CT molecular complexity index is 1320. The minimum Gasteiger partial charge on any atom is -0.481 e. The summed E-state index contributed by atoms with van der Waals surface area (Å²) >= 11 is 7.66. The smallest absolute Gasteiger partial charge is 0.338 e. The molecule has 2 fully saturated rings. The number of carbonyl (C=O) groups is 2. The van der Waals surface area contributed by atoms with Crippen LogP contribution in [0, 0.1) is 11.7 Å². The van der Waals surface area contributed by atoms with Crippen molar-refractivity contribution in [3.63, 3.8) is 0 Å². The lowest BCUT2D eigenvalue weighted by atomic mass is 9.87. The normalized spacial score (nSPS) is 26.6. The maximum absolute atomic E-state index is 15.1. The van der Waals surface area contributed by atoms with Gasteiger partial charge >= 0.3 is 11.9 Å². The maximum atomic E-state index is 15.1. The van der Waals surface area contributed by atoms with Crippen LogP contribution < -0.4 is 5.32 Å². The molecule has 2 aromatic rings. The second-order valence-electron chi connectivity index (χ2n) is 9.63. The van der Waals surface area contributed by atoms with Crippen LogP contribution in [-0.4, -0.2) is 64.4 Å². The quantitative estimate of drug-likeness (QED) is 0.477. The van der Waals surface area contributed by atoms with Gasteiger partial charge < -0.3 is 15.2 Å². The molecule has 5 rings (SSSR count). The first-order chi connectivity index (χ1) is 18.1. The van der Waals surface area contributed by atoms with E-state index >= 15 is 8.78 Å². The number of benzene rings is 1. The number of rotatable bonds is 7. The van der Waals surface area contributed by atoms with Crippen LogP contribution in [0.15, 0.2) is 46.0 Å². The Morgan fingerprint density at radius 3 is 2.76 bits per heavy atom. The molecule has 0 amide bonds. The molecule has 0 spiro atoms. The molecule has 8 nitrogen and oxygen atoms in total. The average Bonchev–Trinajstić information content (AvgIpc) is 3.43. The fraction of sp³-hybridized carbons (Fsp3) is 0.440. The van der Waals surface area contributed by atoms with E-state index in [-0.39, 0.29) is 35.9 Å². The molecule has 0 aliphatic carbocycles. The Balaban J connectivity index is 1.57. The minimum atomic E-state index is -3.01. The van der Waals surface area contributed by atoms with Crippen LogP contribution in [0.25, 0.3) is 0 Å². The number of aliphatic carboxylic acids is 1. The highest BCUT2D eigenvalue weighted by atomic mass is 35.5. The molecule has 2 saturated heterocycles. The molecule has 0 unspecified atom stereocenters. The van der Waals surface area contributed by atoms with Gasteiger partial charge in [-0.2, -0.15) is 0 Å². The van der Waals surface area contributed by atoms with Gasteiger partial charge in [-0.1, -0.05) is 17.7 Å². The van der Waals surface area contributed by atoms with Gasteiger partial charge in [-0.05, 0) is 30.9 Å². The van der Waals surface area contributed by atoms with Gasteiger partial charge in [0.15, 0.2) is 10.8 Å². The third-order valence-electron chi connectivity index (χ3n) is 7.25. The second-order valence-corrected chi connectivity index (χ2v) is 10.9. The fourth-order valence-corrected chi connectivity index (χ4v) is 6.55. The first-order valence-corrected chi connectivity index (χ1v) is 13.2. The van der Waals surface area contributed by atoms with Gasteiger partial charge in [0.25, 0.3) is 5.92 Å². The number of carboxylic acids is 1. The number of alkyl halides is 2. The van der Waals surface area contributed by atoms with E-state index in [0.717, 1.165) is 6.07 Å². The second kappa shape index (κ2) is 10.3. The highest BCUT2D eigenvalue weighted by Gasteiger charge is 2.57. The van der Waals surface area contributed by atoms with Gasteiger partial charge in [0, 0.05) is 53.3 Å². The van der Waals surface area contributed by atoms with Crippen molar-refractivity contribution >= 4 is 40.7 Å². The SMILES string of the molecule is COC(=O)C1=C(CN2[C@@H]3C[C@@H](CC(=O)O)C[C@@H]2C(F)(F)C3)NC(c2nccs2)=N[C@H]1c1ccc(F)cc1Cl. The first kappa shape index (κ1) is 26.6. The van der Waals surface area contributed by atoms with Gasteiger partial charge in [-0.25, -0.2) is 22.9 Å². The number of ether oxygens (including phenoxy) is 1. The van der Waals surface area contributed by atoms with Gasteiger partial charge in [-0.15, -0.1) is 11.3 Å². The molecule has 3 aliphatic heterocycles. The lowest BCUT2D eigenvalue weighted by molar-refractivity contribution is -0.139. The van der Waals surface area contributed by atoms with E-state index in [9.17, 15) is 19.1 Å². The standard InChI is InChI=1S/C25H24ClF3N4O4S/c1-37-24(36)20-17(11-33-14-6-12(8-19(34)35)7-18(33)25(28,29)10-14)31-22(23-30-4-5-38-23)32-21(20)15-3-2-13(27)9-16(15)26/h2-5,9,12,14,18,21H,6-8,10-11H2,1H3,(H,31,32)(H,34,35)/t12-,14-,18-,21+/m1/s1. The summed E-state index contributed by atoms with van der Waals surface area (Å²) in [5.41, 5.74) is 0.707. The zero-order valence-electron chi connectivity index (χ0n) is 20.2. The fourth-order valence-electron chi connectivity index (χ4n) is 5.69. The van der Waals surface area contributed by atoms with Gasteiger partial charge in [-0.3, -0.25) is 14.7 Å². The minimum absolute atomic E-state index is 0.0251. The molecule has 1 aromatic carbocycles. The Morgan fingerprint density at radius 2 is 2.13 bits per heavy atom. The summed E-state index contributed by atoms with van der Waals surface area (Å²) in [6.07, 6.45) is 1.35. The largest absolute Gasteiger partial charge is 0.481 e. The number of hydrogen-bond acceptors (Lipinski definition) is 8. The van der Waals surface area contributed by atoms with Crippen LogP contribution in [0.2, 0.25) is 5.02 Å². The average molecular weight is 569 g/mol. The number of carboxylic acid groups (broad SMARTS) is 1. The highest BCUT2D eigenvalue weighted by Crippen LogP contribution is 2.49. The van der Waals surface area contributed by atoms with Crippen LogP contribution in [0.1, 0.15) is 42.3 Å². The number of amidine groups is 1. The summed E-state index contributed by atoms with van der Waals surface area (Å²) in [7, 11) is 1.20. The number of thiazole rings is 1. The van der Waals surface area contributed by atoms with Crippen molar-refractivity contribution < 1.29 is 32.6 Å². The molecule has 2 N–H and O–H groups in total. The van der Waals surface area contributed by atoms with E-state index in [4.69, 9.17) is 16.3 Å². The van der Waals surface area contributed by atoms with E-state index in [1.54, 1.807) is 16.5 Å². The molecule has 2 bridgehead atoms. The van der Waals surface area contributed by atoms with Gasteiger partial charge in [0.1, 0.15) is 11.9 Å². The lowest BCUT2D eigenvalue weighted by Crippen LogP contribution is -2.50. The summed E-state index contributed by atoms with van der Waals surface area (Å²) in [5.74, 6) is -5.38. The number of nitrogens with one attached hydrogen (secondary N) is 1. The Labute approximate surface area is 225 Å². The third kappa shape index (κ3) is 5.04. The van der Waals surface area contributed by atoms with E-state index in [1.165, 1.54) is 30.6 Å². The highest BCUT2D eigenvalue weighted by molar-refractivity contribution is 7.11. The van der Waals surface area contributed by atoms with Gasteiger partial charge in [0.2, 0.25) is 0 Å². The predicted molar refractivity (Wildman–Crippen MR) is 134 cm³/mol. The lowest BCUT2D eigenvalue weighted by Gasteiger charge is -2.40. The molecular formula is C25H24ClF3N4O4S. The topological polar surface area (TPSA) is 104 Å². The summed E-state index contributed by atoms with van der Waals surface area (Å²) in [6, 6.07) is 0.968. The number of fused-ring (bicyclic) bond motifs is 2. The Morgan fingerprint density at radius 1 is 1.34 bits per heavy atom. The zero-order chi connectivity index (χ0) is 27.2. The molecule has 38 heavy (non-hydrogen) atoms. The number of aromatic nitrogens is 1. The molecular weight excluding hydrogens is 545 g/mol. The molecule has 4 atom stereocenters. The van der Waals surface area contributed by atoms with Crippen molar-refractivity contribution in [3.8, 4) is 0 Å². The van der Waals surface area contributed by atoms with Crippen LogP contribution in [-0.2, 0) is 14.3 Å². The summed E-state index contributed by atoms with van der Waals surface area (Å²) in [4.78, 5) is 34.9. The van der Waals surface area contributed by atoms with Crippen molar-refractivity contribution in [3.05, 3.63) is 62.5 Å². The number of aliphatic imine (C=N–C) groups is 1. The van der Waals surface area contributed by atoms with E-state index in [2.05, 4.69) is 15.3 Å². The van der Waals surface area contributed by atoms with Crippen LogP contribution in [0.4, 0.5) is 13.2 Å². The Kier molecular flexibility index (Phi) is 7.23. The summed E-state index contributed by atoms with van der Waals surface area (Å²) in [6.45, 7) is -0.0607. The first-order valence-electron chi connectivity index (χ1n) is 11.9. The van der Waals surface area contributed by atoms with Crippen molar-refractivity contribution in [2.75, 3.05) is 13.7 Å². The van der Waals surface area contributed by atoms with Crippen molar-refractivity contribution in [1.82, 2.24) is 15.2 Å². The molecule has 4 heterocycles. The van der Waals surface area contributed by atoms with Crippen molar-refractivity contribution in [2.45, 2.75) is 49.7 Å². The zero-order valence-corrected chi connectivity index (χ0v) is 21.7. The maximum Gasteiger partial charge on any atom is 0.338 e. The Hall–Kier alpha value is -2.96. The number of halogens is 4. The van der Waals surface area contributed by atoms with Crippen LogP contribution in [0.5, 0.6) is 0 Å². The van der Waals surface area contributed by atoms with Crippen molar-refractivity contribution in [1.29, 1.82) is 0 Å². The third-order valence-corrected chi connectivity index (χ3v) is 8.36. The molecule has 13 heteroatoms. The summed E-state index contributed by atoms with van der Waals surface area (Å²) < 4.78 is 49.0. The molecule has 1 aromatic heterocycles. The van der Waals surface area contributed by atoms with E-state index in [0.29, 0.717) is 28.5 Å². The van der Waals surface area contributed by atoms with Crippen LogP contribution in [0.3, 0.4) is 0 Å². The van der Waals surface area contributed by atoms with Gasteiger partial charge in [0.05, 0.1) is 18.7 Å². The molecule has 0 radical (unpaired) electrons. The summed E-state index contributed by atoms with van der Waals surface area (Å²) in [5, 5.41) is 14.6. The van der Waals surface area contributed by atoms with Crippen molar-refractivity contribution in [2.24, 2.45) is 10.9 Å². The molecule has 202 valence electrons. The monoisotopic (exact) mass is 568 g/mol. The number of esters is 1.